The standard InChI is InChI=1S/C10H14ClNO/c1-6(2)7-4-10(13-3)8(11)5-9(7)12/h4-6H,12H2,1-3H3. The molecule has 0 aliphatic carbocycles. The van der Waals surface area contributed by atoms with Crippen molar-refractivity contribution in [2.45, 2.75) is 19.8 Å². The van der Waals surface area contributed by atoms with Crippen LogP contribution in [0.1, 0.15) is 25.3 Å². The van der Waals surface area contributed by atoms with E-state index in [1.807, 2.05) is 6.07 Å². The fourth-order valence-corrected chi connectivity index (χ4v) is 1.49. The van der Waals surface area contributed by atoms with Crippen LogP contribution >= 0.6 is 11.6 Å². The number of ether oxygens (including phenoxy) is 1. The zero-order valence-electron chi connectivity index (χ0n) is 8.10. The molecule has 1 rings (SSSR count). The van der Waals surface area contributed by atoms with Crippen LogP contribution in [-0.2, 0) is 0 Å². The molecule has 2 nitrogen and oxygen atoms in total. The van der Waals surface area contributed by atoms with E-state index in [9.17, 15) is 0 Å². The molecule has 13 heavy (non-hydrogen) atoms. The van der Waals surface area contributed by atoms with Gasteiger partial charge in [0.05, 0.1) is 12.1 Å². The number of halogens is 1. The zero-order chi connectivity index (χ0) is 10.0. The van der Waals surface area contributed by atoms with E-state index in [-0.39, 0.29) is 0 Å². The summed E-state index contributed by atoms with van der Waals surface area (Å²) in [6.45, 7) is 4.16. The second-order valence-corrected chi connectivity index (χ2v) is 3.68. The van der Waals surface area contributed by atoms with E-state index in [1.54, 1.807) is 13.2 Å². The first-order valence-corrected chi connectivity index (χ1v) is 4.57. The highest BCUT2D eigenvalue weighted by atomic mass is 35.5. The minimum atomic E-state index is 0.381. The molecule has 0 aliphatic heterocycles. The van der Waals surface area contributed by atoms with Gasteiger partial charge in [-0.15, -0.1) is 0 Å². The Kier molecular flexibility index (Phi) is 3.04. The first-order valence-electron chi connectivity index (χ1n) is 4.19. The van der Waals surface area contributed by atoms with Crippen LogP contribution in [0.15, 0.2) is 12.1 Å². The Balaban J connectivity index is 3.22. The van der Waals surface area contributed by atoms with E-state index in [1.165, 1.54) is 0 Å². The van der Waals surface area contributed by atoms with Crippen molar-refractivity contribution in [1.29, 1.82) is 0 Å². The highest BCUT2D eigenvalue weighted by Crippen LogP contribution is 2.32. The van der Waals surface area contributed by atoms with Crippen LogP contribution in [-0.4, -0.2) is 7.11 Å². The molecule has 0 saturated heterocycles. The Morgan fingerprint density at radius 2 is 2.00 bits per heavy atom. The van der Waals surface area contributed by atoms with Gasteiger partial charge in [-0.2, -0.15) is 0 Å². The Bertz CT molecular complexity index is 310. The SMILES string of the molecule is COc1cc(C(C)C)c(N)cc1Cl. The second kappa shape index (κ2) is 3.88. The molecule has 0 atom stereocenters. The minimum absolute atomic E-state index is 0.381. The maximum absolute atomic E-state index is 5.90. The number of nitrogen functional groups attached to an aromatic ring is 1. The third-order valence-corrected chi connectivity index (χ3v) is 2.27. The molecule has 0 heterocycles. The lowest BCUT2D eigenvalue weighted by molar-refractivity contribution is 0.414. The second-order valence-electron chi connectivity index (χ2n) is 3.27. The Morgan fingerprint density at radius 1 is 1.38 bits per heavy atom. The van der Waals surface area contributed by atoms with Gasteiger partial charge in [0.2, 0.25) is 0 Å². The quantitative estimate of drug-likeness (QED) is 0.744. The highest BCUT2D eigenvalue weighted by Gasteiger charge is 2.09. The van der Waals surface area contributed by atoms with E-state index in [2.05, 4.69) is 13.8 Å². The molecular weight excluding hydrogens is 186 g/mol. The molecule has 0 aromatic heterocycles. The summed E-state index contributed by atoms with van der Waals surface area (Å²) in [6.07, 6.45) is 0. The fraction of sp³-hybridized carbons (Fsp3) is 0.400. The van der Waals surface area contributed by atoms with Crippen LogP contribution in [0.5, 0.6) is 5.75 Å². The molecule has 72 valence electrons. The number of rotatable bonds is 2. The molecule has 0 amide bonds. The maximum atomic E-state index is 5.90. The van der Waals surface area contributed by atoms with Crippen LogP contribution < -0.4 is 10.5 Å². The van der Waals surface area contributed by atoms with Gasteiger partial charge < -0.3 is 10.5 Å². The van der Waals surface area contributed by atoms with Crippen molar-refractivity contribution in [2.75, 3.05) is 12.8 Å². The van der Waals surface area contributed by atoms with Crippen molar-refractivity contribution in [1.82, 2.24) is 0 Å². The molecule has 0 saturated carbocycles. The van der Waals surface area contributed by atoms with Crippen molar-refractivity contribution < 1.29 is 4.74 Å². The van der Waals surface area contributed by atoms with E-state index in [0.717, 1.165) is 11.3 Å². The van der Waals surface area contributed by atoms with Gasteiger partial charge >= 0.3 is 0 Å². The van der Waals surface area contributed by atoms with Crippen LogP contribution in [0, 0.1) is 0 Å². The number of hydrogen-bond donors (Lipinski definition) is 1. The lowest BCUT2D eigenvalue weighted by Crippen LogP contribution is -1.97. The van der Waals surface area contributed by atoms with Crippen molar-refractivity contribution in [2.24, 2.45) is 0 Å². The van der Waals surface area contributed by atoms with Gasteiger partial charge in [0, 0.05) is 5.69 Å². The van der Waals surface area contributed by atoms with Gasteiger partial charge in [-0.25, -0.2) is 0 Å². The van der Waals surface area contributed by atoms with E-state index in [4.69, 9.17) is 22.1 Å². The lowest BCUT2D eigenvalue weighted by atomic mass is 10.0. The zero-order valence-corrected chi connectivity index (χ0v) is 8.85. The summed E-state index contributed by atoms with van der Waals surface area (Å²) in [4.78, 5) is 0. The summed E-state index contributed by atoms with van der Waals surface area (Å²) in [5.41, 5.74) is 7.60. The molecule has 1 aromatic rings. The molecule has 0 fully saturated rings. The largest absolute Gasteiger partial charge is 0.495 e. The summed E-state index contributed by atoms with van der Waals surface area (Å²) >= 11 is 5.90. The molecule has 1 aromatic carbocycles. The molecule has 0 bridgehead atoms. The van der Waals surface area contributed by atoms with E-state index >= 15 is 0 Å². The number of hydrogen-bond acceptors (Lipinski definition) is 2. The summed E-state index contributed by atoms with van der Waals surface area (Å²) < 4.78 is 5.10. The molecule has 3 heteroatoms. The van der Waals surface area contributed by atoms with Crippen molar-refractivity contribution >= 4 is 17.3 Å². The highest BCUT2D eigenvalue weighted by molar-refractivity contribution is 6.32. The van der Waals surface area contributed by atoms with Gasteiger partial charge in [0.25, 0.3) is 0 Å². The molecule has 0 aliphatic rings. The van der Waals surface area contributed by atoms with Gasteiger partial charge in [-0.3, -0.25) is 0 Å². The summed E-state index contributed by atoms with van der Waals surface area (Å²) in [5.74, 6) is 1.06. The third kappa shape index (κ3) is 2.07. The molecule has 0 spiro atoms. The van der Waals surface area contributed by atoms with Gasteiger partial charge in [0.15, 0.2) is 0 Å². The van der Waals surface area contributed by atoms with Gasteiger partial charge in [0.1, 0.15) is 5.75 Å². The van der Waals surface area contributed by atoms with Crippen LogP contribution in [0.25, 0.3) is 0 Å². The minimum Gasteiger partial charge on any atom is -0.495 e. The normalized spacial score (nSPS) is 10.5. The fourth-order valence-electron chi connectivity index (χ4n) is 1.24. The van der Waals surface area contributed by atoms with E-state index < -0.39 is 0 Å². The number of methoxy groups -OCH3 is 1. The summed E-state index contributed by atoms with van der Waals surface area (Å²) in [6, 6.07) is 3.62. The topological polar surface area (TPSA) is 35.2 Å². The van der Waals surface area contributed by atoms with Gasteiger partial charge in [-0.05, 0) is 23.6 Å². The van der Waals surface area contributed by atoms with Crippen LogP contribution in [0.4, 0.5) is 5.69 Å². The predicted molar refractivity (Wildman–Crippen MR) is 56.5 cm³/mol. The van der Waals surface area contributed by atoms with Crippen molar-refractivity contribution in [3.05, 3.63) is 22.7 Å². The maximum Gasteiger partial charge on any atom is 0.137 e. The Morgan fingerprint density at radius 3 is 2.46 bits per heavy atom. The summed E-state index contributed by atoms with van der Waals surface area (Å²) in [5, 5.41) is 0.560. The third-order valence-electron chi connectivity index (χ3n) is 1.98. The lowest BCUT2D eigenvalue weighted by Gasteiger charge is -2.12. The van der Waals surface area contributed by atoms with Crippen LogP contribution in [0.3, 0.4) is 0 Å². The first kappa shape index (κ1) is 10.2. The summed E-state index contributed by atoms with van der Waals surface area (Å²) in [7, 11) is 1.60. The average Bonchev–Trinajstić information content (AvgIpc) is 2.03. The van der Waals surface area contributed by atoms with Crippen LogP contribution in [0.2, 0.25) is 5.02 Å². The van der Waals surface area contributed by atoms with E-state index in [0.29, 0.717) is 16.7 Å². The van der Waals surface area contributed by atoms with Crippen molar-refractivity contribution in [3.63, 3.8) is 0 Å². The van der Waals surface area contributed by atoms with Gasteiger partial charge in [-0.1, -0.05) is 25.4 Å². The smallest absolute Gasteiger partial charge is 0.137 e. The molecule has 2 N–H and O–H groups in total. The molecule has 0 radical (unpaired) electrons. The molecular formula is C10H14ClNO. The first-order chi connectivity index (χ1) is 6.06. The average molecular weight is 200 g/mol. The number of nitrogens with two attached hydrogens (primary N) is 1. The monoisotopic (exact) mass is 199 g/mol. The molecule has 0 unspecified atom stereocenters. The number of benzene rings is 1. The Labute approximate surface area is 83.6 Å². The Hall–Kier alpha value is -0.890. The number of anilines is 1. The van der Waals surface area contributed by atoms with Crippen molar-refractivity contribution in [3.8, 4) is 5.75 Å². The predicted octanol–water partition coefficient (Wildman–Crippen LogP) is 3.05.